The average molecular weight is 226 g/mol. The number of rotatable bonds is 8. The van der Waals surface area contributed by atoms with Gasteiger partial charge in [-0.15, -0.1) is 0 Å². The number of nitrogens with one attached hydrogen (secondary N) is 1. The summed E-state index contributed by atoms with van der Waals surface area (Å²) in [5, 5.41) is 3.52. The van der Waals surface area contributed by atoms with Crippen LogP contribution in [0.15, 0.2) is 0 Å². The Balaban J connectivity index is 2.55. The van der Waals surface area contributed by atoms with Crippen molar-refractivity contribution in [1.29, 1.82) is 0 Å². The van der Waals surface area contributed by atoms with Crippen LogP contribution in [0.5, 0.6) is 0 Å². The fourth-order valence-corrected chi connectivity index (χ4v) is 2.41. The van der Waals surface area contributed by atoms with Crippen molar-refractivity contribution in [2.45, 2.75) is 59.5 Å². The SMILES string of the molecule is CCNCC(C(C)C)N(CC(C)C)C1CC1. The van der Waals surface area contributed by atoms with Crippen LogP contribution in [0.1, 0.15) is 47.5 Å². The Bertz CT molecular complexity index is 185. The molecule has 0 aromatic rings. The first-order valence-corrected chi connectivity index (χ1v) is 7.02. The zero-order valence-electron chi connectivity index (χ0n) is 11.8. The zero-order valence-corrected chi connectivity index (χ0v) is 11.8. The van der Waals surface area contributed by atoms with E-state index in [2.05, 4.69) is 44.8 Å². The summed E-state index contributed by atoms with van der Waals surface area (Å²) in [7, 11) is 0. The summed E-state index contributed by atoms with van der Waals surface area (Å²) in [6.45, 7) is 15.1. The van der Waals surface area contributed by atoms with Crippen LogP contribution in [-0.4, -0.2) is 36.6 Å². The first-order chi connectivity index (χ1) is 7.56. The molecule has 1 unspecified atom stereocenters. The molecule has 1 fully saturated rings. The highest BCUT2D eigenvalue weighted by Crippen LogP contribution is 2.31. The molecule has 96 valence electrons. The van der Waals surface area contributed by atoms with Gasteiger partial charge in [0.2, 0.25) is 0 Å². The maximum atomic E-state index is 3.52. The van der Waals surface area contributed by atoms with Crippen LogP contribution >= 0.6 is 0 Å². The molecule has 0 aromatic carbocycles. The van der Waals surface area contributed by atoms with Crippen molar-refractivity contribution in [1.82, 2.24) is 10.2 Å². The van der Waals surface area contributed by atoms with Crippen molar-refractivity contribution >= 4 is 0 Å². The van der Waals surface area contributed by atoms with E-state index in [0.717, 1.165) is 37.0 Å². The summed E-state index contributed by atoms with van der Waals surface area (Å²) in [6, 6.07) is 1.60. The molecule has 1 rings (SSSR count). The predicted molar refractivity (Wildman–Crippen MR) is 71.7 cm³/mol. The normalized spacial score (nSPS) is 18.8. The van der Waals surface area contributed by atoms with Crippen LogP contribution in [-0.2, 0) is 0 Å². The Labute approximate surface area is 102 Å². The fourth-order valence-electron chi connectivity index (χ4n) is 2.41. The predicted octanol–water partition coefficient (Wildman–Crippen LogP) is 2.74. The van der Waals surface area contributed by atoms with Crippen LogP contribution in [0.4, 0.5) is 0 Å². The van der Waals surface area contributed by atoms with E-state index in [1.807, 2.05) is 0 Å². The molecule has 0 heterocycles. The molecule has 2 nitrogen and oxygen atoms in total. The second-order valence-electron chi connectivity index (χ2n) is 5.94. The monoisotopic (exact) mass is 226 g/mol. The Hall–Kier alpha value is -0.0800. The third kappa shape index (κ3) is 4.42. The van der Waals surface area contributed by atoms with E-state index in [1.54, 1.807) is 0 Å². The van der Waals surface area contributed by atoms with Gasteiger partial charge in [0.1, 0.15) is 0 Å². The van der Waals surface area contributed by atoms with Crippen molar-refractivity contribution in [3.05, 3.63) is 0 Å². The van der Waals surface area contributed by atoms with Gasteiger partial charge in [0, 0.05) is 25.2 Å². The lowest BCUT2D eigenvalue weighted by Crippen LogP contribution is -2.48. The molecular formula is C14H30N2. The van der Waals surface area contributed by atoms with E-state index < -0.39 is 0 Å². The lowest BCUT2D eigenvalue weighted by molar-refractivity contribution is 0.127. The third-order valence-electron chi connectivity index (χ3n) is 3.39. The highest BCUT2D eigenvalue weighted by atomic mass is 15.2. The average Bonchev–Trinajstić information content (AvgIpc) is 2.98. The van der Waals surface area contributed by atoms with Crippen molar-refractivity contribution < 1.29 is 0 Å². The minimum Gasteiger partial charge on any atom is -0.315 e. The molecule has 1 atom stereocenters. The van der Waals surface area contributed by atoms with Gasteiger partial charge < -0.3 is 5.32 Å². The molecule has 0 spiro atoms. The van der Waals surface area contributed by atoms with Gasteiger partial charge in [-0.25, -0.2) is 0 Å². The summed E-state index contributed by atoms with van der Waals surface area (Å²) in [6.07, 6.45) is 2.84. The van der Waals surface area contributed by atoms with Gasteiger partial charge in [-0.1, -0.05) is 34.6 Å². The molecule has 0 radical (unpaired) electrons. The van der Waals surface area contributed by atoms with E-state index in [1.165, 1.54) is 19.4 Å². The summed E-state index contributed by atoms with van der Waals surface area (Å²) >= 11 is 0. The topological polar surface area (TPSA) is 15.3 Å². The molecule has 1 saturated carbocycles. The molecule has 1 aliphatic carbocycles. The maximum absolute atomic E-state index is 3.52. The molecule has 0 aromatic heterocycles. The zero-order chi connectivity index (χ0) is 12.1. The second kappa shape index (κ2) is 6.61. The standard InChI is InChI=1S/C14H30N2/c1-6-15-9-14(12(4)5)16(10-11(2)3)13-7-8-13/h11-15H,6-10H2,1-5H3. The Kier molecular flexibility index (Phi) is 5.77. The quantitative estimate of drug-likeness (QED) is 0.684. The summed E-state index contributed by atoms with van der Waals surface area (Å²) in [4.78, 5) is 2.76. The van der Waals surface area contributed by atoms with Crippen LogP contribution < -0.4 is 5.32 Å². The fraction of sp³-hybridized carbons (Fsp3) is 1.00. The highest BCUT2D eigenvalue weighted by molar-refractivity contribution is 4.91. The van der Waals surface area contributed by atoms with Crippen molar-refractivity contribution in [3.63, 3.8) is 0 Å². The number of hydrogen-bond donors (Lipinski definition) is 1. The van der Waals surface area contributed by atoms with Gasteiger partial charge in [-0.2, -0.15) is 0 Å². The molecule has 0 bridgehead atoms. The van der Waals surface area contributed by atoms with E-state index >= 15 is 0 Å². The van der Waals surface area contributed by atoms with Crippen LogP contribution in [0.2, 0.25) is 0 Å². The maximum Gasteiger partial charge on any atom is 0.0246 e. The van der Waals surface area contributed by atoms with E-state index in [0.29, 0.717) is 0 Å². The van der Waals surface area contributed by atoms with Crippen molar-refractivity contribution in [2.24, 2.45) is 11.8 Å². The Morgan fingerprint density at radius 2 is 1.81 bits per heavy atom. The number of hydrogen-bond acceptors (Lipinski definition) is 2. The van der Waals surface area contributed by atoms with Gasteiger partial charge in [0.05, 0.1) is 0 Å². The summed E-state index contributed by atoms with van der Waals surface area (Å²) in [5.74, 6) is 1.53. The Morgan fingerprint density at radius 1 is 1.19 bits per heavy atom. The van der Waals surface area contributed by atoms with Crippen LogP contribution in [0, 0.1) is 11.8 Å². The minimum atomic E-state index is 0.717. The molecule has 1 aliphatic rings. The largest absolute Gasteiger partial charge is 0.315 e. The highest BCUT2D eigenvalue weighted by Gasteiger charge is 2.34. The number of nitrogens with zero attached hydrogens (tertiary/aromatic N) is 1. The third-order valence-corrected chi connectivity index (χ3v) is 3.39. The molecule has 16 heavy (non-hydrogen) atoms. The van der Waals surface area contributed by atoms with Crippen LogP contribution in [0.25, 0.3) is 0 Å². The van der Waals surface area contributed by atoms with Gasteiger partial charge in [-0.3, -0.25) is 4.90 Å². The van der Waals surface area contributed by atoms with E-state index in [4.69, 9.17) is 0 Å². The molecule has 0 amide bonds. The summed E-state index contributed by atoms with van der Waals surface area (Å²) in [5.41, 5.74) is 0. The molecule has 1 N–H and O–H groups in total. The van der Waals surface area contributed by atoms with E-state index in [-0.39, 0.29) is 0 Å². The minimum absolute atomic E-state index is 0.717. The number of likely N-dealkylation sites (N-methyl/N-ethyl adjacent to an activating group) is 1. The van der Waals surface area contributed by atoms with Gasteiger partial charge in [0.15, 0.2) is 0 Å². The smallest absolute Gasteiger partial charge is 0.0246 e. The first-order valence-electron chi connectivity index (χ1n) is 7.02. The van der Waals surface area contributed by atoms with Crippen molar-refractivity contribution in [3.8, 4) is 0 Å². The lowest BCUT2D eigenvalue weighted by atomic mass is 10.0. The Morgan fingerprint density at radius 3 is 2.19 bits per heavy atom. The van der Waals surface area contributed by atoms with Crippen molar-refractivity contribution in [2.75, 3.05) is 19.6 Å². The van der Waals surface area contributed by atoms with Gasteiger partial charge in [-0.05, 0) is 31.2 Å². The van der Waals surface area contributed by atoms with Gasteiger partial charge in [0.25, 0.3) is 0 Å². The lowest BCUT2D eigenvalue weighted by Gasteiger charge is -2.36. The van der Waals surface area contributed by atoms with Gasteiger partial charge >= 0.3 is 0 Å². The second-order valence-corrected chi connectivity index (χ2v) is 5.94. The molecule has 0 aliphatic heterocycles. The first kappa shape index (κ1) is 14.0. The van der Waals surface area contributed by atoms with Crippen LogP contribution in [0.3, 0.4) is 0 Å². The molecule has 2 heteroatoms. The molecular weight excluding hydrogens is 196 g/mol. The summed E-state index contributed by atoms with van der Waals surface area (Å²) < 4.78 is 0. The van der Waals surface area contributed by atoms with E-state index in [9.17, 15) is 0 Å². The molecule has 0 saturated heterocycles.